The molecule has 0 aliphatic rings. The number of halogens is 5. The van der Waals surface area contributed by atoms with E-state index in [1.54, 1.807) is 12.1 Å². The smallest absolute Gasteiger partial charge is 0.231 e. The molecule has 1 aromatic rings. The Morgan fingerprint density at radius 1 is 1.44 bits per heavy atom. The number of hydrogen-bond donors (Lipinski definition) is 0. The van der Waals surface area contributed by atoms with Gasteiger partial charge in [-0.2, -0.15) is 13.2 Å². The van der Waals surface area contributed by atoms with Crippen molar-refractivity contribution in [3.05, 3.63) is 28.2 Å². The van der Waals surface area contributed by atoms with E-state index >= 15 is 0 Å². The average molecular weight is 315 g/mol. The molecule has 0 radical (unpaired) electrons. The zero-order chi connectivity index (χ0) is 12.3. The lowest BCUT2D eigenvalue weighted by Gasteiger charge is -2.05. The first-order valence-corrected chi connectivity index (χ1v) is 5.61. The summed E-state index contributed by atoms with van der Waals surface area (Å²) in [6, 6.07) is 4.93. The van der Waals surface area contributed by atoms with Crippen LogP contribution in [-0.4, -0.2) is 11.3 Å². The number of rotatable bonds is 2. The lowest BCUT2D eigenvalue weighted by atomic mass is 10.1. The summed E-state index contributed by atoms with van der Waals surface area (Å²) in [6.45, 7) is 1.95. The van der Waals surface area contributed by atoms with Gasteiger partial charge in [-0.3, -0.25) is 0 Å². The Kier molecular flexibility index (Phi) is 4.38. The molecule has 0 aliphatic carbocycles. The number of aliphatic imine (C=N–C) groups is 1. The summed E-state index contributed by atoms with van der Waals surface area (Å²) in [5.41, 5.74) is 1.17. The molecule has 0 unspecified atom stereocenters. The molecule has 0 spiro atoms. The second kappa shape index (κ2) is 5.19. The third kappa shape index (κ3) is 3.49. The molecule has 0 amide bonds. The van der Waals surface area contributed by atoms with Crippen molar-refractivity contribution in [3.63, 3.8) is 0 Å². The van der Waals surface area contributed by atoms with Gasteiger partial charge in [-0.25, -0.2) is 4.99 Å². The third-order valence-corrected chi connectivity index (χ3v) is 2.81. The van der Waals surface area contributed by atoms with Gasteiger partial charge in [0, 0.05) is 4.47 Å². The molecule has 16 heavy (non-hydrogen) atoms. The molecule has 0 saturated heterocycles. The van der Waals surface area contributed by atoms with Crippen LogP contribution in [-0.2, 0) is 6.42 Å². The van der Waals surface area contributed by atoms with Crippen LogP contribution in [0, 0.1) is 0 Å². The largest absolute Gasteiger partial charge is 0.444 e. The minimum atomic E-state index is -4.61. The summed E-state index contributed by atoms with van der Waals surface area (Å²) in [5, 5.41) is -1.38. The van der Waals surface area contributed by atoms with Crippen molar-refractivity contribution in [2.75, 3.05) is 0 Å². The molecule has 0 bridgehead atoms. The second-order valence-corrected chi connectivity index (χ2v) is 4.25. The highest BCUT2D eigenvalue weighted by Gasteiger charge is 2.34. The molecule has 88 valence electrons. The maximum Gasteiger partial charge on any atom is 0.444 e. The van der Waals surface area contributed by atoms with Crippen molar-refractivity contribution in [1.29, 1.82) is 0 Å². The highest BCUT2D eigenvalue weighted by molar-refractivity contribution is 9.10. The molecular formula is C10H8BrClF3N. The van der Waals surface area contributed by atoms with Gasteiger partial charge in [0.05, 0.1) is 5.69 Å². The maximum absolute atomic E-state index is 12.1. The van der Waals surface area contributed by atoms with Crippen LogP contribution in [0.1, 0.15) is 12.5 Å². The van der Waals surface area contributed by atoms with E-state index in [-0.39, 0.29) is 5.69 Å². The quantitative estimate of drug-likeness (QED) is 0.692. The van der Waals surface area contributed by atoms with E-state index in [1.165, 1.54) is 6.07 Å². The molecule has 0 saturated carbocycles. The summed E-state index contributed by atoms with van der Waals surface area (Å²) in [5.74, 6) is 0. The van der Waals surface area contributed by atoms with Crippen LogP contribution < -0.4 is 0 Å². The topological polar surface area (TPSA) is 12.4 Å². The summed E-state index contributed by atoms with van der Waals surface area (Å²) in [7, 11) is 0. The molecule has 0 N–H and O–H groups in total. The fourth-order valence-electron chi connectivity index (χ4n) is 1.03. The number of hydrogen-bond acceptors (Lipinski definition) is 1. The van der Waals surface area contributed by atoms with Crippen molar-refractivity contribution >= 4 is 38.4 Å². The molecule has 1 aromatic carbocycles. The van der Waals surface area contributed by atoms with Crippen molar-refractivity contribution in [1.82, 2.24) is 0 Å². The first-order valence-electron chi connectivity index (χ1n) is 4.44. The lowest BCUT2D eigenvalue weighted by molar-refractivity contribution is -0.0558. The summed E-state index contributed by atoms with van der Waals surface area (Å²) >= 11 is 8.19. The van der Waals surface area contributed by atoms with Crippen molar-refractivity contribution in [2.24, 2.45) is 4.99 Å². The summed E-state index contributed by atoms with van der Waals surface area (Å²) in [6.07, 6.45) is -3.81. The molecule has 0 atom stereocenters. The first kappa shape index (κ1) is 13.5. The summed E-state index contributed by atoms with van der Waals surface area (Å²) < 4.78 is 36.9. The average Bonchev–Trinajstić information content (AvgIpc) is 2.19. The van der Waals surface area contributed by atoms with Gasteiger partial charge in [-0.1, -0.05) is 24.6 Å². The van der Waals surface area contributed by atoms with Crippen LogP contribution in [0.3, 0.4) is 0 Å². The van der Waals surface area contributed by atoms with E-state index in [9.17, 15) is 13.2 Å². The number of benzene rings is 1. The zero-order valence-electron chi connectivity index (χ0n) is 8.28. The number of alkyl halides is 3. The Morgan fingerprint density at radius 3 is 2.50 bits per heavy atom. The van der Waals surface area contributed by atoms with Crippen LogP contribution in [0.25, 0.3) is 0 Å². The van der Waals surface area contributed by atoms with Gasteiger partial charge >= 0.3 is 6.18 Å². The van der Waals surface area contributed by atoms with Gasteiger partial charge in [-0.15, -0.1) is 0 Å². The van der Waals surface area contributed by atoms with Crippen LogP contribution in [0.4, 0.5) is 18.9 Å². The van der Waals surface area contributed by atoms with E-state index < -0.39 is 11.3 Å². The molecule has 1 rings (SSSR count). The Balaban J connectivity index is 3.07. The minimum absolute atomic E-state index is 0.166. The van der Waals surface area contributed by atoms with E-state index in [1.807, 2.05) is 6.92 Å². The standard InChI is InChI=1S/C10H8BrClF3N/c1-2-6-3-4-8(7(11)5-6)16-9(12)10(13,14)15/h3-5H,2H2,1H3. The normalized spacial score (nSPS) is 13.0. The molecule has 0 aromatic heterocycles. The minimum Gasteiger partial charge on any atom is -0.231 e. The highest BCUT2D eigenvalue weighted by Crippen LogP contribution is 2.30. The van der Waals surface area contributed by atoms with Gasteiger partial charge in [-0.05, 0) is 40.0 Å². The van der Waals surface area contributed by atoms with Crippen LogP contribution in [0.15, 0.2) is 27.7 Å². The van der Waals surface area contributed by atoms with Gasteiger partial charge < -0.3 is 0 Å². The van der Waals surface area contributed by atoms with Gasteiger partial charge in [0.1, 0.15) is 0 Å². The van der Waals surface area contributed by atoms with E-state index in [0.29, 0.717) is 4.47 Å². The Morgan fingerprint density at radius 2 is 2.06 bits per heavy atom. The molecule has 0 aliphatic heterocycles. The zero-order valence-corrected chi connectivity index (χ0v) is 10.6. The van der Waals surface area contributed by atoms with Crippen LogP contribution in [0.5, 0.6) is 0 Å². The Bertz CT molecular complexity index is 415. The van der Waals surface area contributed by atoms with Crippen LogP contribution in [0.2, 0.25) is 0 Å². The number of aryl methyl sites for hydroxylation is 1. The monoisotopic (exact) mass is 313 g/mol. The molecule has 1 nitrogen and oxygen atoms in total. The van der Waals surface area contributed by atoms with Crippen molar-refractivity contribution < 1.29 is 13.2 Å². The molecule has 0 heterocycles. The second-order valence-electron chi connectivity index (χ2n) is 3.04. The first-order chi connectivity index (χ1) is 7.34. The lowest BCUT2D eigenvalue weighted by Crippen LogP contribution is -2.16. The van der Waals surface area contributed by atoms with Gasteiger partial charge in [0.2, 0.25) is 5.17 Å². The molecule has 6 heteroatoms. The van der Waals surface area contributed by atoms with Crippen molar-refractivity contribution in [3.8, 4) is 0 Å². The van der Waals surface area contributed by atoms with Gasteiger partial charge in [0.15, 0.2) is 0 Å². The Hall–Kier alpha value is -0.550. The molecule has 0 fully saturated rings. The highest BCUT2D eigenvalue weighted by atomic mass is 79.9. The van der Waals surface area contributed by atoms with Gasteiger partial charge in [0.25, 0.3) is 0 Å². The predicted octanol–water partition coefficient (Wildman–Crippen LogP) is 4.84. The van der Waals surface area contributed by atoms with Crippen LogP contribution >= 0.6 is 27.5 Å². The summed E-state index contributed by atoms with van der Waals surface area (Å²) in [4.78, 5) is 3.32. The Labute approximate surface area is 104 Å². The fourth-order valence-corrected chi connectivity index (χ4v) is 1.64. The number of nitrogens with zero attached hydrogens (tertiary/aromatic N) is 1. The molecular weight excluding hydrogens is 306 g/mol. The maximum atomic E-state index is 12.1. The van der Waals surface area contributed by atoms with E-state index in [4.69, 9.17) is 11.6 Å². The van der Waals surface area contributed by atoms with E-state index in [2.05, 4.69) is 20.9 Å². The predicted molar refractivity (Wildman–Crippen MR) is 62.5 cm³/mol. The van der Waals surface area contributed by atoms with Crippen molar-refractivity contribution in [2.45, 2.75) is 19.5 Å². The fraction of sp³-hybridized carbons (Fsp3) is 0.300. The van der Waals surface area contributed by atoms with E-state index in [0.717, 1.165) is 12.0 Å². The third-order valence-electron chi connectivity index (χ3n) is 1.87. The SMILES string of the molecule is CCc1ccc(N=C(Cl)C(F)(F)F)c(Br)c1.